The van der Waals surface area contributed by atoms with Gasteiger partial charge in [-0.05, 0) is 24.8 Å². The number of benzene rings is 1. The van der Waals surface area contributed by atoms with Crippen LogP contribution in [-0.2, 0) is 17.1 Å². The van der Waals surface area contributed by atoms with Crippen LogP contribution in [-0.4, -0.2) is 11.1 Å². The second-order valence-electron chi connectivity index (χ2n) is 4.75. The van der Waals surface area contributed by atoms with Crippen LogP contribution in [0.25, 0.3) is 0 Å². The molecule has 1 rings (SSSR count). The number of alkyl halides is 2. The van der Waals surface area contributed by atoms with Gasteiger partial charge in [0.25, 0.3) is 5.92 Å². The molecule has 4 heteroatoms. The minimum atomic E-state index is -2.87. The third kappa shape index (κ3) is 5.37. The van der Waals surface area contributed by atoms with Crippen LogP contribution in [0.1, 0.15) is 50.2 Å². The van der Waals surface area contributed by atoms with Gasteiger partial charge in [0.1, 0.15) is 0 Å². The quantitative estimate of drug-likeness (QED) is 0.712. The lowest BCUT2D eigenvalue weighted by Gasteiger charge is -2.16. The van der Waals surface area contributed by atoms with Gasteiger partial charge in [-0.3, -0.25) is 4.79 Å². The topological polar surface area (TPSA) is 37.3 Å². The minimum absolute atomic E-state index is 0.0164. The predicted octanol–water partition coefficient (Wildman–Crippen LogP) is 4.38. The van der Waals surface area contributed by atoms with Crippen LogP contribution >= 0.6 is 0 Å². The molecule has 0 radical (unpaired) electrons. The Labute approximate surface area is 112 Å². The molecule has 0 aliphatic heterocycles. The molecule has 0 unspecified atom stereocenters. The lowest BCUT2D eigenvalue weighted by atomic mass is 9.99. The van der Waals surface area contributed by atoms with Crippen molar-refractivity contribution in [1.29, 1.82) is 0 Å². The summed E-state index contributed by atoms with van der Waals surface area (Å²) in [6, 6.07) is 6.43. The average Bonchev–Trinajstić information content (AvgIpc) is 2.36. The van der Waals surface area contributed by atoms with E-state index in [0.29, 0.717) is 6.42 Å². The van der Waals surface area contributed by atoms with E-state index in [1.165, 1.54) is 12.1 Å². The van der Waals surface area contributed by atoms with Crippen LogP contribution in [0.5, 0.6) is 0 Å². The van der Waals surface area contributed by atoms with Gasteiger partial charge < -0.3 is 5.11 Å². The molecule has 0 saturated heterocycles. The van der Waals surface area contributed by atoms with Crippen molar-refractivity contribution in [3.8, 4) is 0 Å². The second-order valence-corrected chi connectivity index (χ2v) is 4.75. The van der Waals surface area contributed by atoms with Gasteiger partial charge in [0.2, 0.25) is 0 Å². The lowest BCUT2D eigenvalue weighted by Crippen LogP contribution is -2.13. The fourth-order valence-corrected chi connectivity index (χ4v) is 1.97. The molecule has 0 heterocycles. The maximum Gasteiger partial charge on any atom is 0.303 e. The summed E-state index contributed by atoms with van der Waals surface area (Å²) in [5.41, 5.74) is 1.08. The molecule has 1 N–H and O–H groups in total. The Hall–Kier alpha value is -1.45. The third-order valence-corrected chi connectivity index (χ3v) is 3.05. The van der Waals surface area contributed by atoms with Gasteiger partial charge >= 0.3 is 5.97 Å². The molecule has 106 valence electrons. The molecule has 0 aromatic heterocycles. The van der Waals surface area contributed by atoms with E-state index in [2.05, 4.69) is 0 Å². The molecular formula is C15H20F2O2. The van der Waals surface area contributed by atoms with Crippen molar-refractivity contribution >= 4 is 5.97 Å². The average molecular weight is 270 g/mol. The number of rotatable bonds is 8. The normalized spacial score (nSPS) is 11.5. The van der Waals surface area contributed by atoms with Crippen molar-refractivity contribution in [2.45, 2.75) is 51.4 Å². The van der Waals surface area contributed by atoms with Crippen LogP contribution < -0.4 is 0 Å². The molecule has 0 atom stereocenters. The summed E-state index contributed by atoms with van der Waals surface area (Å²) >= 11 is 0. The third-order valence-electron chi connectivity index (χ3n) is 3.05. The molecule has 19 heavy (non-hydrogen) atoms. The van der Waals surface area contributed by atoms with E-state index in [-0.39, 0.29) is 24.8 Å². The second kappa shape index (κ2) is 7.22. The summed E-state index contributed by atoms with van der Waals surface area (Å²) in [5.74, 6) is -3.81. The highest BCUT2D eigenvalue weighted by atomic mass is 19.3. The Bertz CT molecular complexity index is 399. The number of hydrogen-bond acceptors (Lipinski definition) is 1. The maximum absolute atomic E-state index is 13.9. The highest BCUT2D eigenvalue weighted by Gasteiger charge is 2.30. The van der Waals surface area contributed by atoms with E-state index in [1.54, 1.807) is 12.1 Å². The Morgan fingerprint density at radius 1 is 1.21 bits per heavy atom. The Morgan fingerprint density at radius 3 is 2.37 bits per heavy atom. The molecular weight excluding hydrogens is 250 g/mol. The Balaban J connectivity index is 2.53. The SMILES string of the molecule is CCCc1ccc(C(F)(F)CCCCC(=O)O)cc1. The first-order valence-electron chi connectivity index (χ1n) is 6.64. The number of aliphatic carboxylic acids is 1. The zero-order chi connectivity index (χ0) is 14.3. The molecule has 0 aliphatic carbocycles. The van der Waals surface area contributed by atoms with Crippen molar-refractivity contribution in [1.82, 2.24) is 0 Å². The van der Waals surface area contributed by atoms with Gasteiger partial charge in [0, 0.05) is 18.4 Å². The number of carbonyl (C=O) groups is 1. The van der Waals surface area contributed by atoms with Crippen molar-refractivity contribution in [3.05, 3.63) is 35.4 Å². The van der Waals surface area contributed by atoms with Crippen molar-refractivity contribution < 1.29 is 18.7 Å². The van der Waals surface area contributed by atoms with Gasteiger partial charge in [0.15, 0.2) is 0 Å². The highest BCUT2D eigenvalue weighted by molar-refractivity contribution is 5.66. The first-order chi connectivity index (χ1) is 8.95. The fourth-order valence-electron chi connectivity index (χ4n) is 1.97. The summed E-state index contributed by atoms with van der Waals surface area (Å²) in [4.78, 5) is 10.3. The number of halogens is 2. The molecule has 0 bridgehead atoms. The molecule has 2 nitrogen and oxygen atoms in total. The summed E-state index contributed by atoms with van der Waals surface area (Å²) in [5, 5.41) is 8.45. The molecule has 0 spiro atoms. The summed E-state index contributed by atoms with van der Waals surface area (Å²) in [6.45, 7) is 2.05. The van der Waals surface area contributed by atoms with E-state index in [9.17, 15) is 13.6 Å². The minimum Gasteiger partial charge on any atom is -0.481 e. The molecule has 0 saturated carbocycles. The van der Waals surface area contributed by atoms with Crippen molar-refractivity contribution in [3.63, 3.8) is 0 Å². The Morgan fingerprint density at radius 2 is 1.84 bits per heavy atom. The summed E-state index contributed by atoms with van der Waals surface area (Å²) in [6.07, 6.45) is 2.04. The number of hydrogen-bond donors (Lipinski definition) is 1. The first-order valence-corrected chi connectivity index (χ1v) is 6.64. The Kier molecular flexibility index (Phi) is 5.93. The van der Waals surface area contributed by atoms with E-state index in [1.807, 2.05) is 6.92 Å². The zero-order valence-corrected chi connectivity index (χ0v) is 11.2. The van der Waals surface area contributed by atoms with Gasteiger partial charge in [-0.1, -0.05) is 37.6 Å². The standard InChI is InChI=1S/C15H20F2O2/c1-2-5-12-7-9-13(10-8-12)15(16,17)11-4-3-6-14(18)19/h7-10H,2-6,11H2,1H3,(H,18,19). The lowest BCUT2D eigenvalue weighted by molar-refractivity contribution is -0.137. The number of carboxylic acids is 1. The number of unbranched alkanes of at least 4 members (excludes halogenated alkanes) is 1. The maximum atomic E-state index is 13.9. The van der Waals surface area contributed by atoms with E-state index >= 15 is 0 Å². The molecule has 1 aromatic rings. The zero-order valence-electron chi connectivity index (χ0n) is 11.2. The van der Waals surface area contributed by atoms with Gasteiger partial charge in [-0.2, -0.15) is 0 Å². The summed E-state index contributed by atoms with van der Waals surface area (Å²) < 4.78 is 27.7. The van der Waals surface area contributed by atoms with E-state index in [0.717, 1.165) is 18.4 Å². The van der Waals surface area contributed by atoms with E-state index in [4.69, 9.17) is 5.11 Å². The smallest absolute Gasteiger partial charge is 0.303 e. The molecule has 1 aromatic carbocycles. The molecule has 0 fully saturated rings. The monoisotopic (exact) mass is 270 g/mol. The largest absolute Gasteiger partial charge is 0.481 e. The van der Waals surface area contributed by atoms with Gasteiger partial charge in [-0.25, -0.2) is 8.78 Å². The van der Waals surface area contributed by atoms with Crippen LogP contribution in [0.15, 0.2) is 24.3 Å². The van der Waals surface area contributed by atoms with Gasteiger partial charge in [0.05, 0.1) is 0 Å². The van der Waals surface area contributed by atoms with Crippen LogP contribution in [0.4, 0.5) is 8.78 Å². The van der Waals surface area contributed by atoms with Crippen LogP contribution in [0.3, 0.4) is 0 Å². The van der Waals surface area contributed by atoms with Crippen molar-refractivity contribution in [2.75, 3.05) is 0 Å². The fraction of sp³-hybridized carbons (Fsp3) is 0.533. The molecule has 0 amide bonds. The predicted molar refractivity (Wildman–Crippen MR) is 70.4 cm³/mol. The first kappa shape index (κ1) is 15.6. The van der Waals surface area contributed by atoms with Crippen LogP contribution in [0, 0.1) is 0 Å². The van der Waals surface area contributed by atoms with Gasteiger partial charge in [-0.15, -0.1) is 0 Å². The van der Waals surface area contributed by atoms with Crippen molar-refractivity contribution in [2.24, 2.45) is 0 Å². The number of carboxylic acid groups (broad SMARTS) is 1. The highest BCUT2D eigenvalue weighted by Crippen LogP contribution is 2.33. The summed E-state index contributed by atoms with van der Waals surface area (Å²) in [7, 11) is 0. The molecule has 0 aliphatic rings. The number of aryl methyl sites for hydroxylation is 1. The van der Waals surface area contributed by atoms with Crippen LogP contribution in [0.2, 0.25) is 0 Å². The van der Waals surface area contributed by atoms with E-state index < -0.39 is 11.9 Å².